The van der Waals surface area contributed by atoms with E-state index in [1.54, 1.807) is 0 Å². The molecule has 2 aliphatic rings. The molecule has 2 unspecified atom stereocenters. The smallest absolute Gasteiger partial charge is 0.0522 e. The molecule has 2 atom stereocenters. The monoisotopic (exact) mass is 296 g/mol. The number of rotatable bonds is 2. The van der Waals surface area contributed by atoms with Gasteiger partial charge in [-0.05, 0) is 37.7 Å². The molecule has 1 heterocycles. The number of fused-ring (bicyclic) bond motifs is 1. The van der Waals surface area contributed by atoms with Crippen molar-refractivity contribution in [3.8, 4) is 0 Å². The molecule has 1 saturated carbocycles. The molecular weight excluding hydrogens is 276 g/mol. The van der Waals surface area contributed by atoms with E-state index in [9.17, 15) is 0 Å². The van der Waals surface area contributed by atoms with E-state index in [1.807, 2.05) is 6.92 Å². The van der Waals surface area contributed by atoms with Crippen LogP contribution >= 0.6 is 16.1 Å². The predicted molar refractivity (Wildman–Crippen MR) is 76.2 cm³/mol. The van der Waals surface area contributed by atoms with Crippen LogP contribution in [0.1, 0.15) is 32.6 Å². The van der Waals surface area contributed by atoms with Gasteiger partial charge in [0.1, 0.15) is 0 Å². The van der Waals surface area contributed by atoms with Gasteiger partial charge in [0.15, 0.2) is 0 Å². The first-order chi connectivity index (χ1) is 8.15. The molecule has 0 aromatic carbocycles. The highest BCUT2D eigenvalue weighted by Gasteiger charge is 2.36. The van der Waals surface area contributed by atoms with E-state index in [0.29, 0.717) is 5.92 Å². The number of halogens is 1. The standard InChI is InChI=1S/C14H21BrN2/c1-3-6-13-14(10(2)16)12-8-5-4-7-11(12)9-17(13)15/h3,6,11-12H,2,4-5,7-9,16H2,1H3/b6-3-. The van der Waals surface area contributed by atoms with E-state index < -0.39 is 0 Å². The molecule has 0 spiro atoms. The molecule has 0 bridgehead atoms. The lowest BCUT2D eigenvalue weighted by Gasteiger charge is -2.42. The van der Waals surface area contributed by atoms with Gasteiger partial charge in [-0.2, -0.15) is 0 Å². The lowest BCUT2D eigenvalue weighted by Crippen LogP contribution is -2.37. The lowest BCUT2D eigenvalue weighted by molar-refractivity contribution is 0.225. The molecule has 2 N–H and O–H groups in total. The highest BCUT2D eigenvalue weighted by Crippen LogP contribution is 2.43. The summed E-state index contributed by atoms with van der Waals surface area (Å²) in [4.78, 5) is 0. The maximum absolute atomic E-state index is 6.02. The molecule has 0 saturated heterocycles. The summed E-state index contributed by atoms with van der Waals surface area (Å²) in [5.74, 6) is 1.34. The Morgan fingerprint density at radius 2 is 2.18 bits per heavy atom. The van der Waals surface area contributed by atoms with Crippen molar-refractivity contribution in [3.63, 3.8) is 0 Å². The Kier molecular flexibility index (Phi) is 3.97. The molecule has 0 amide bonds. The summed E-state index contributed by atoms with van der Waals surface area (Å²) in [6.07, 6.45) is 9.45. The normalized spacial score (nSPS) is 29.6. The average Bonchev–Trinajstić information content (AvgIpc) is 2.29. The van der Waals surface area contributed by atoms with Gasteiger partial charge in [-0.25, -0.2) is 0 Å². The minimum absolute atomic E-state index is 0.612. The maximum atomic E-state index is 6.02. The molecule has 2 nitrogen and oxygen atoms in total. The van der Waals surface area contributed by atoms with Gasteiger partial charge >= 0.3 is 0 Å². The van der Waals surface area contributed by atoms with Crippen LogP contribution in [0.2, 0.25) is 0 Å². The first-order valence-corrected chi connectivity index (χ1v) is 7.11. The number of allylic oxidation sites excluding steroid dienone is 3. The largest absolute Gasteiger partial charge is 0.399 e. The van der Waals surface area contributed by atoms with Gasteiger partial charge in [0.25, 0.3) is 0 Å². The van der Waals surface area contributed by atoms with Crippen molar-refractivity contribution in [2.75, 3.05) is 6.54 Å². The first kappa shape index (κ1) is 12.7. The van der Waals surface area contributed by atoms with Crippen LogP contribution in [0.3, 0.4) is 0 Å². The average molecular weight is 297 g/mol. The third kappa shape index (κ3) is 2.44. The number of hydrogen-bond donors (Lipinski definition) is 1. The molecule has 0 aromatic rings. The molecular formula is C14H21BrN2. The number of hydrogen-bond acceptors (Lipinski definition) is 2. The van der Waals surface area contributed by atoms with Crippen LogP contribution in [0.5, 0.6) is 0 Å². The van der Waals surface area contributed by atoms with Crippen molar-refractivity contribution in [2.45, 2.75) is 32.6 Å². The number of nitrogens with zero attached hydrogens (tertiary/aromatic N) is 1. The molecule has 0 radical (unpaired) electrons. The zero-order valence-electron chi connectivity index (χ0n) is 10.5. The van der Waals surface area contributed by atoms with Gasteiger partial charge in [0.2, 0.25) is 0 Å². The maximum Gasteiger partial charge on any atom is 0.0522 e. The van der Waals surface area contributed by atoms with Crippen LogP contribution in [0.4, 0.5) is 0 Å². The minimum Gasteiger partial charge on any atom is -0.399 e. The fraction of sp³-hybridized carbons (Fsp3) is 0.571. The van der Waals surface area contributed by atoms with E-state index in [4.69, 9.17) is 5.73 Å². The summed E-state index contributed by atoms with van der Waals surface area (Å²) in [5.41, 5.74) is 9.22. The zero-order chi connectivity index (χ0) is 12.4. The Hall–Kier alpha value is -0.700. The summed E-state index contributed by atoms with van der Waals surface area (Å²) in [7, 11) is 0. The van der Waals surface area contributed by atoms with Crippen molar-refractivity contribution >= 4 is 16.1 Å². The van der Waals surface area contributed by atoms with Gasteiger partial charge < -0.3 is 9.66 Å². The molecule has 94 valence electrons. The van der Waals surface area contributed by atoms with Gasteiger partial charge in [-0.1, -0.05) is 25.5 Å². The van der Waals surface area contributed by atoms with Crippen LogP contribution in [0.25, 0.3) is 0 Å². The Balaban J connectivity index is 2.42. The second-order valence-corrected chi connectivity index (χ2v) is 5.88. The van der Waals surface area contributed by atoms with Crippen molar-refractivity contribution in [3.05, 3.63) is 35.7 Å². The molecule has 2 rings (SSSR count). The van der Waals surface area contributed by atoms with Crippen LogP contribution in [0.15, 0.2) is 35.7 Å². The second kappa shape index (κ2) is 5.30. The van der Waals surface area contributed by atoms with Gasteiger partial charge in [-0.15, -0.1) is 0 Å². The van der Waals surface area contributed by atoms with Crippen molar-refractivity contribution in [1.29, 1.82) is 0 Å². The molecule has 3 heteroatoms. The summed E-state index contributed by atoms with van der Waals surface area (Å²) in [5, 5.41) is 0. The summed E-state index contributed by atoms with van der Waals surface area (Å²) < 4.78 is 2.16. The molecule has 0 aromatic heterocycles. The van der Waals surface area contributed by atoms with Crippen molar-refractivity contribution < 1.29 is 0 Å². The first-order valence-electron chi connectivity index (χ1n) is 6.40. The van der Waals surface area contributed by atoms with E-state index in [2.05, 4.69) is 38.8 Å². The van der Waals surface area contributed by atoms with Crippen LogP contribution in [-0.4, -0.2) is 10.5 Å². The molecule has 17 heavy (non-hydrogen) atoms. The van der Waals surface area contributed by atoms with E-state index >= 15 is 0 Å². The minimum atomic E-state index is 0.612. The Morgan fingerprint density at radius 1 is 1.47 bits per heavy atom. The molecule has 1 fully saturated rings. The second-order valence-electron chi connectivity index (χ2n) is 5.02. The van der Waals surface area contributed by atoms with Gasteiger partial charge in [-0.3, -0.25) is 0 Å². The molecule has 1 aliphatic carbocycles. The van der Waals surface area contributed by atoms with Crippen LogP contribution in [0, 0.1) is 11.8 Å². The van der Waals surface area contributed by atoms with Crippen LogP contribution in [-0.2, 0) is 0 Å². The lowest BCUT2D eigenvalue weighted by atomic mass is 9.72. The summed E-state index contributed by atoms with van der Waals surface area (Å²) in [6.45, 7) is 7.10. The highest BCUT2D eigenvalue weighted by atomic mass is 79.9. The highest BCUT2D eigenvalue weighted by molar-refractivity contribution is 9.07. The van der Waals surface area contributed by atoms with Gasteiger partial charge in [0.05, 0.1) is 5.70 Å². The van der Waals surface area contributed by atoms with Crippen LogP contribution < -0.4 is 5.73 Å². The SMILES string of the molecule is C=C(N)C1=C(/C=C\C)N(Br)CC2CCCCC12. The predicted octanol–water partition coefficient (Wildman–Crippen LogP) is 3.72. The van der Waals surface area contributed by atoms with E-state index in [1.165, 1.54) is 37.0 Å². The molecule has 1 aliphatic heterocycles. The number of nitrogens with two attached hydrogens (primary N) is 1. The third-order valence-electron chi connectivity index (χ3n) is 3.88. The third-order valence-corrected chi connectivity index (χ3v) is 4.55. The van der Waals surface area contributed by atoms with E-state index in [-0.39, 0.29) is 0 Å². The quantitative estimate of drug-likeness (QED) is 0.787. The summed E-state index contributed by atoms with van der Waals surface area (Å²) in [6, 6.07) is 0. The topological polar surface area (TPSA) is 29.3 Å². The Labute approximate surface area is 113 Å². The van der Waals surface area contributed by atoms with Crippen molar-refractivity contribution in [2.24, 2.45) is 17.6 Å². The summed E-state index contributed by atoms with van der Waals surface area (Å²) >= 11 is 3.65. The fourth-order valence-corrected chi connectivity index (χ4v) is 3.84. The fourth-order valence-electron chi connectivity index (χ4n) is 3.16. The zero-order valence-corrected chi connectivity index (χ0v) is 12.0. The van der Waals surface area contributed by atoms with E-state index in [0.717, 1.165) is 18.2 Å². The Morgan fingerprint density at radius 3 is 2.82 bits per heavy atom. The van der Waals surface area contributed by atoms with Gasteiger partial charge in [0, 0.05) is 34.0 Å². The van der Waals surface area contributed by atoms with Crippen molar-refractivity contribution in [1.82, 2.24) is 3.93 Å². The Bertz CT molecular complexity index is 370.